The van der Waals surface area contributed by atoms with E-state index in [2.05, 4.69) is 4.98 Å². The van der Waals surface area contributed by atoms with Gasteiger partial charge in [-0.15, -0.1) is 0 Å². The Labute approximate surface area is 94.9 Å². The van der Waals surface area contributed by atoms with Crippen LogP contribution >= 0.6 is 0 Å². The molecule has 0 saturated heterocycles. The van der Waals surface area contributed by atoms with E-state index >= 15 is 0 Å². The van der Waals surface area contributed by atoms with Gasteiger partial charge in [0.05, 0.1) is 11.1 Å². The minimum atomic E-state index is -0.519. The lowest BCUT2D eigenvalue weighted by Gasteiger charge is -2.33. The van der Waals surface area contributed by atoms with Gasteiger partial charge in [0.1, 0.15) is 11.6 Å². The zero-order chi connectivity index (χ0) is 11.6. The normalized spacial score (nSPS) is 19.4. The molecule has 0 unspecified atom stereocenters. The van der Waals surface area contributed by atoms with E-state index in [9.17, 15) is 9.59 Å². The highest BCUT2D eigenvalue weighted by Crippen LogP contribution is 2.37. The lowest BCUT2D eigenvalue weighted by atomic mass is 9.69. The lowest BCUT2D eigenvalue weighted by Crippen LogP contribution is -2.39. The van der Waals surface area contributed by atoms with Gasteiger partial charge >= 0.3 is 0 Å². The largest absolute Gasteiger partial charge is 0.300 e. The van der Waals surface area contributed by atoms with Crippen LogP contribution in [0.15, 0.2) is 24.4 Å². The third-order valence-electron chi connectivity index (χ3n) is 3.49. The molecule has 2 rings (SSSR count). The van der Waals surface area contributed by atoms with Gasteiger partial charge in [-0.25, -0.2) is 0 Å². The van der Waals surface area contributed by atoms with Gasteiger partial charge in [-0.05, 0) is 31.9 Å². The minimum absolute atomic E-state index is 0.124. The Morgan fingerprint density at radius 3 is 2.50 bits per heavy atom. The molecule has 0 spiro atoms. The van der Waals surface area contributed by atoms with E-state index in [4.69, 9.17) is 0 Å². The van der Waals surface area contributed by atoms with E-state index in [0.29, 0.717) is 25.7 Å². The Morgan fingerprint density at radius 1 is 1.31 bits per heavy atom. The van der Waals surface area contributed by atoms with Crippen LogP contribution in [0.1, 0.15) is 38.3 Å². The molecular formula is C13H15NO2. The summed E-state index contributed by atoms with van der Waals surface area (Å²) in [5.41, 5.74) is 0.296. The first-order chi connectivity index (χ1) is 7.65. The highest BCUT2D eigenvalue weighted by atomic mass is 16.1. The monoisotopic (exact) mass is 217 g/mol. The molecule has 1 saturated carbocycles. The fraction of sp³-hybridized carbons (Fsp3) is 0.462. The highest BCUT2D eigenvalue weighted by Gasteiger charge is 2.41. The molecule has 1 fully saturated rings. The first-order valence-corrected chi connectivity index (χ1v) is 5.59. The van der Waals surface area contributed by atoms with Gasteiger partial charge in [0.25, 0.3) is 0 Å². The molecule has 1 aromatic heterocycles. The van der Waals surface area contributed by atoms with E-state index in [1.165, 1.54) is 0 Å². The zero-order valence-corrected chi connectivity index (χ0v) is 9.40. The van der Waals surface area contributed by atoms with Crippen molar-refractivity contribution in [2.24, 2.45) is 0 Å². The van der Waals surface area contributed by atoms with Crippen LogP contribution in [0.25, 0.3) is 0 Å². The Kier molecular flexibility index (Phi) is 2.86. The van der Waals surface area contributed by atoms with Crippen molar-refractivity contribution in [3.63, 3.8) is 0 Å². The molecular weight excluding hydrogens is 202 g/mol. The van der Waals surface area contributed by atoms with Crippen molar-refractivity contribution in [2.45, 2.75) is 38.0 Å². The number of hydrogen-bond donors (Lipinski definition) is 0. The van der Waals surface area contributed by atoms with Gasteiger partial charge in [0.15, 0.2) is 0 Å². The minimum Gasteiger partial charge on any atom is -0.300 e. The van der Waals surface area contributed by atoms with Crippen molar-refractivity contribution in [3.8, 4) is 0 Å². The van der Waals surface area contributed by atoms with Crippen molar-refractivity contribution in [1.29, 1.82) is 0 Å². The Bertz CT molecular complexity index is 401. The molecule has 0 radical (unpaired) electrons. The number of Topliss-reactive ketones (excluding diaryl/α,β-unsaturated/α-hetero) is 2. The van der Waals surface area contributed by atoms with Crippen LogP contribution in [0, 0.1) is 0 Å². The first-order valence-electron chi connectivity index (χ1n) is 5.59. The van der Waals surface area contributed by atoms with Gasteiger partial charge in [0.2, 0.25) is 0 Å². The summed E-state index contributed by atoms with van der Waals surface area (Å²) in [6.45, 7) is 1.60. The second-order valence-electron chi connectivity index (χ2n) is 4.39. The smallest absolute Gasteiger partial charge is 0.141 e. The second kappa shape index (κ2) is 4.16. The van der Waals surface area contributed by atoms with E-state index < -0.39 is 5.41 Å². The average Bonchev–Trinajstić information content (AvgIpc) is 2.31. The summed E-state index contributed by atoms with van der Waals surface area (Å²) in [4.78, 5) is 27.4. The Hall–Kier alpha value is -1.51. The van der Waals surface area contributed by atoms with Gasteiger partial charge in [-0.2, -0.15) is 0 Å². The van der Waals surface area contributed by atoms with E-state index in [1.54, 1.807) is 13.1 Å². The summed E-state index contributed by atoms with van der Waals surface area (Å²) in [6.07, 6.45) is 3.92. The summed E-state index contributed by atoms with van der Waals surface area (Å²) >= 11 is 0. The number of rotatable bonds is 2. The number of ketones is 2. The van der Waals surface area contributed by atoms with Crippen LogP contribution in [0.4, 0.5) is 0 Å². The first kappa shape index (κ1) is 11.0. The van der Waals surface area contributed by atoms with Crippen molar-refractivity contribution in [3.05, 3.63) is 30.1 Å². The van der Waals surface area contributed by atoms with E-state index in [0.717, 1.165) is 5.69 Å². The molecule has 84 valence electrons. The number of carbonyl (C=O) groups is 2. The van der Waals surface area contributed by atoms with Crippen LogP contribution in [0.2, 0.25) is 0 Å². The number of aromatic nitrogens is 1. The number of pyridine rings is 1. The van der Waals surface area contributed by atoms with Crippen LogP contribution in [0.3, 0.4) is 0 Å². The molecule has 3 nitrogen and oxygen atoms in total. The topological polar surface area (TPSA) is 47.0 Å². The molecule has 0 aromatic carbocycles. The Morgan fingerprint density at radius 2 is 2.00 bits per heavy atom. The summed E-state index contributed by atoms with van der Waals surface area (Å²) in [6, 6.07) is 5.62. The summed E-state index contributed by atoms with van der Waals surface area (Å²) < 4.78 is 0. The number of hydrogen-bond acceptors (Lipinski definition) is 3. The maximum atomic E-state index is 11.9. The molecule has 0 bridgehead atoms. The maximum absolute atomic E-state index is 11.9. The summed E-state index contributed by atoms with van der Waals surface area (Å²) in [5, 5.41) is 0. The van der Waals surface area contributed by atoms with Crippen molar-refractivity contribution in [1.82, 2.24) is 4.98 Å². The third-order valence-corrected chi connectivity index (χ3v) is 3.49. The van der Waals surface area contributed by atoms with Crippen LogP contribution < -0.4 is 0 Å². The van der Waals surface area contributed by atoms with E-state index in [1.807, 2.05) is 18.2 Å². The average molecular weight is 217 g/mol. The standard InChI is InChI=1S/C13H15NO2/c1-10(15)13(7-5-11(16)6-8-13)12-4-2-3-9-14-12/h2-4,9H,5-8H2,1H3. The summed E-state index contributed by atoms with van der Waals surface area (Å²) in [7, 11) is 0. The SMILES string of the molecule is CC(=O)C1(c2ccccn2)CCC(=O)CC1. The molecule has 1 heterocycles. The molecule has 16 heavy (non-hydrogen) atoms. The van der Waals surface area contributed by atoms with Gasteiger partial charge in [-0.1, -0.05) is 6.07 Å². The number of nitrogens with zero attached hydrogens (tertiary/aromatic N) is 1. The Balaban J connectivity index is 2.37. The molecule has 1 aliphatic carbocycles. The maximum Gasteiger partial charge on any atom is 0.141 e. The molecule has 0 aliphatic heterocycles. The van der Waals surface area contributed by atoms with Crippen molar-refractivity contribution in [2.75, 3.05) is 0 Å². The number of carbonyl (C=O) groups excluding carboxylic acids is 2. The van der Waals surface area contributed by atoms with Crippen LogP contribution in [0.5, 0.6) is 0 Å². The second-order valence-corrected chi connectivity index (χ2v) is 4.39. The molecule has 0 N–H and O–H groups in total. The zero-order valence-electron chi connectivity index (χ0n) is 9.40. The molecule has 1 aliphatic rings. The van der Waals surface area contributed by atoms with Crippen molar-refractivity contribution < 1.29 is 9.59 Å². The quantitative estimate of drug-likeness (QED) is 0.761. The molecule has 0 amide bonds. The fourth-order valence-electron chi connectivity index (χ4n) is 2.39. The van der Waals surface area contributed by atoms with Crippen molar-refractivity contribution >= 4 is 11.6 Å². The summed E-state index contributed by atoms with van der Waals surface area (Å²) in [5.74, 6) is 0.381. The predicted molar refractivity (Wildman–Crippen MR) is 60.1 cm³/mol. The highest BCUT2D eigenvalue weighted by molar-refractivity contribution is 5.91. The molecule has 3 heteroatoms. The third kappa shape index (κ3) is 1.77. The fourth-order valence-corrected chi connectivity index (χ4v) is 2.39. The lowest BCUT2D eigenvalue weighted by molar-refractivity contribution is -0.127. The van der Waals surface area contributed by atoms with Crippen LogP contribution in [-0.2, 0) is 15.0 Å². The van der Waals surface area contributed by atoms with Crippen LogP contribution in [-0.4, -0.2) is 16.6 Å². The molecule has 0 atom stereocenters. The van der Waals surface area contributed by atoms with E-state index in [-0.39, 0.29) is 11.6 Å². The van der Waals surface area contributed by atoms with Gasteiger partial charge in [-0.3, -0.25) is 14.6 Å². The van der Waals surface area contributed by atoms with Gasteiger partial charge < -0.3 is 0 Å². The predicted octanol–water partition coefficient (Wildman–Crippen LogP) is 2.05. The molecule has 1 aromatic rings. The van der Waals surface area contributed by atoms with Gasteiger partial charge in [0, 0.05) is 19.0 Å².